The molecule has 2 N–H and O–H groups in total. The topological polar surface area (TPSA) is 154 Å². The molecule has 0 bridgehead atoms. The summed E-state index contributed by atoms with van der Waals surface area (Å²) >= 11 is 0. The minimum absolute atomic E-state index is 0.0910. The van der Waals surface area contributed by atoms with E-state index in [9.17, 15) is 9.90 Å². The molecule has 9 heteroatoms. The predicted molar refractivity (Wildman–Crippen MR) is 70.8 cm³/mol. The van der Waals surface area contributed by atoms with Gasteiger partial charge >= 0.3 is 5.97 Å². The molecule has 0 saturated carbocycles. The lowest BCUT2D eigenvalue weighted by molar-refractivity contribution is -2.00. The largest absolute Gasteiger partial charge is 0.507 e. The third kappa shape index (κ3) is 5.76. The van der Waals surface area contributed by atoms with Gasteiger partial charge < -0.3 is 10.2 Å². The summed E-state index contributed by atoms with van der Waals surface area (Å²) in [5.41, 5.74) is 3.88. The van der Waals surface area contributed by atoms with Gasteiger partial charge in [0.2, 0.25) is 5.69 Å². The Kier molecular flexibility index (Phi) is 6.24. The second-order valence-corrected chi connectivity index (χ2v) is 5.79. The average Bonchev–Trinajstić information content (AvgIpc) is 2.34. The molecule has 1 aromatic heterocycles. The summed E-state index contributed by atoms with van der Waals surface area (Å²) < 4.78 is 35.9. The monoisotopic (exact) mass is 357 g/mol. The standard InChI is InChI=1S/C15H15NO3.ClHO4/c1-9-6-10(2)16(11(3)7-9)12-4-5-13(15(18)19)14(17)8-12;2-1(3,4)5/h4-8H,1-3H3,(H-,17,18,19);(H,2,3,4,5). The van der Waals surface area contributed by atoms with Crippen LogP contribution in [0.3, 0.4) is 0 Å². The minimum atomic E-state index is -4.94. The van der Waals surface area contributed by atoms with Crippen molar-refractivity contribution in [1.29, 1.82) is 0 Å². The summed E-state index contributed by atoms with van der Waals surface area (Å²) in [5, 5.41) is 18.7. The van der Waals surface area contributed by atoms with Crippen LogP contribution in [0.2, 0.25) is 0 Å². The molecule has 130 valence electrons. The minimum Gasteiger partial charge on any atom is -0.507 e. The number of halogens is 1. The van der Waals surface area contributed by atoms with E-state index in [2.05, 4.69) is 0 Å². The normalized spacial score (nSPS) is 10.8. The molecule has 0 fully saturated rings. The van der Waals surface area contributed by atoms with E-state index in [0.717, 1.165) is 22.6 Å². The number of aromatic nitrogens is 1. The molecule has 2 aromatic rings. The molecule has 1 aromatic carbocycles. The van der Waals surface area contributed by atoms with Gasteiger partial charge in [-0.05, 0) is 18.6 Å². The first-order valence-electron chi connectivity index (χ1n) is 6.58. The van der Waals surface area contributed by atoms with E-state index in [4.69, 9.17) is 23.7 Å². The van der Waals surface area contributed by atoms with Crippen LogP contribution in [0.25, 0.3) is 5.69 Å². The van der Waals surface area contributed by atoms with Crippen LogP contribution >= 0.6 is 0 Å². The van der Waals surface area contributed by atoms with Gasteiger partial charge in [-0.2, -0.15) is 4.57 Å². The van der Waals surface area contributed by atoms with Crippen molar-refractivity contribution in [2.24, 2.45) is 0 Å². The Hall–Kier alpha value is -2.23. The van der Waals surface area contributed by atoms with Crippen LogP contribution in [0, 0.1) is 31.0 Å². The van der Waals surface area contributed by atoms with Crippen molar-refractivity contribution in [2.75, 3.05) is 0 Å². The van der Waals surface area contributed by atoms with E-state index in [1.54, 1.807) is 6.07 Å². The molecular formula is C15H16ClNO7. The van der Waals surface area contributed by atoms with Gasteiger partial charge in [0.1, 0.15) is 11.3 Å². The van der Waals surface area contributed by atoms with Crippen LogP contribution < -0.4 is 23.2 Å². The zero-order chi connectivity index (χ0) is 18.7. The van der Waals surface area contributed by atoms with E-state index in [1.165, 1.54) is 12.1 Å². The highest BCUT2D eigenvalue weighted by atomic mass is 35.7. The number of aromatic carboxylic acids is 1. The SMILES string of the molecule is Cc1cc(C)[n+](-c2ccc(C(=O)O)c(O)c2)c(C)c1.[O-][Cl+3]([O-])([O-])[O-]. The fourth-order valence-corrected chi connectivity index (χ4v) is 2.36. The summed E-state index contributed by atoms with van der Waals surface area (Å²) in [7, 11) is -4.94. The molecule has 0 unspecified atom stereocenters. The van der Waals surface area contributed by atoms with Gasteiger partial charge in [0.15, 0.2) is 11.4 Å². The molecule has 2 rings (SSSR count). The third-order valence-corrected chi connectivity index (χ3v) is 3.05. The van der Waals surface area contributed by atoms with Gasteiger partial charge in [-0.15, -0.1) is 10.2 Å². The Balaban J connectivity index is 0.000000505. The lowest BCUT2D eigenvalue weighted by atomic mass is 10.1. The van der Waals surface area contributed by atoms with Crippen molar-refractivity contribution in [3.63, 3.8) is 0 Å². The number of aryl methyl sites for hydroxylation is 3. The molecule has 0 aliphatic carbocycles. The van der Waals surface area contributed by atoms with Crippen LogP contribution in [0.4, 0.5) is 0 Å². The predicted octanol–water partition coefficient (Wildman–Crippen LogP) is -2.46. The van der Waals surface area contributed by atoms with E-state index in [1.807, 2.05) is 37.5 Å². The Morgan fingerprint density at radius 3 is 1.83 bits per heavy atom. The molecule has 0 radical (unpaired) electrons. The zero-order valence-electron chi connectivity index (χ0n) is 13.1. The van der Waals surface area contributed by atoms with Gasteiger partial charge in [-0.3, -0.25) is 0 Å². The molecule has 1 heterocycles. The summed E-state index contributed by atoms with van der Waals surface area (Å²) in [6.45, 7) is 5.97. The molecule has 0 spiro atoms. The first-order chi connectivity index (χ1) is 10.9. The van der Waals surface area contributed by atoms with Crippen LogP contribution in [-0.2, 0) is 0 Å². The number of carbonyl (C=O) groups is 1. The van der Waals surface area contributed by atoms with Crippen LogP contribution in [-0.4, -0.2) is 16.2 Å². The van der Waals surface area contributed by atoms with Gasteiger partial charge in [0.25, 0.3) is 0 Å². The zero-order valence-corrected chi connectivity index (χ0v) is 13.9. The van der Waals surface area contributed by atoms with Gasteiger partial charge in [-0.25, -0.2) is 23.4 Å². The number of benzene rings is 1. The highest BCUT2D eigenvalue weighted by Crippen LogP contribution is 2.19. The number of hydrogen-bond donors (Lipinski definition) is 2. The molecule has 0 aliphatic rings. The first kappa shape index (κ1) is 19.8. The lowest BCUT2D eigenvalue weighted by Gasteiger charge is -2.17. The number of pyridine rings is 1. The number of nitrogens with zero attached hydrogens (tertiary/aromatic N) is 1. The van der Waals surface area contributed by atoms with Crippen molar-refractivity contribution in [3.05, 3.63) is 52.8 Å². The summed E-state index contributed by atoms with van der Waals surface area (Å²) in [6.07, 6.45) is 0. The number of carboxylic acid groups (broad SMARTS) is 1. The Morgan fingerprint density at radius 1 is 1.00 bits per heavy atom. The van der Waals surface area contributed by atoms with Crippen molar-refractivity contribution >= 4 is 5.97 Å². The van der Waals surface area contributed by atoms with E-state index < -0.39 is 16.2 Å². The fraction of sp³-hybridized carbons (Fsp3) is 0.200. The van der Waals surface area contributed by atoms with Crippen LogP contribution in [0.5, 0.6) is 5.75 Å². The molecule has 8 nitrogen and oxygen atoms in total. The smallest absolute Gasteiger partial charge is 0.339 e. The molecule has 0 aliphatic heterocycles. The Morgan fingerprint density at radius 2 is 1.46 bits per heavy atom. The number of carboxylic acids is 1. The van der Waals surface area contributed by atoms with Gasteiger partial charge in [0.05, 0.1) is 6.07 Å². The van der Waals surface area contributed by atoms with Gasteiger partial charge in [-0.1, -0.05) is 0 Å². The number of hydrogen-bond acceptors (Lipinski definition) is 6. The lowest BCUT2D eigenvalue weighted by Crippen LogP contribution is -2.68. The second-order valence-electron chi connectivity index (χ2n) is 5.04. The summed E-state index contributed by atoms with van der Waals surface area (Å²) in [5.74, 6) is -1.36. The fourth-order valence-electron chi connectivity index (χ4n) is 2.36. The quantitative estimate of drug-likeness (QED) is 0.565. The molecular weight excluding hydrogens is 342 g/mol. The van der Waals surface area contributed by atoms with Crippen molar-refractivity contribution in [1.82, 2.24) is 0 Å². The van der Waals surface area contributed by atoms with Crippen LogP contribution in [0.1, 0.15) is 27.3 Å². The second kappa shape index (κ2) is 7.56. The summed E-state index contributed by atoms with van der Waals surface area (Å²) in [6, 6.07) is 8.65. The highest BCUT2D eigenvalue weighted by Gasteiger charge is 2.18. The maximum absolute atomic E-state index is 10.9. The highest BCUT2D eigenvalue weighted by molar-refractivity contribution is 5.90. The van der Waals surface area contributed by atoms with E-state index in [-0.39, 0.29) is 11.3 Å². The van der Waals surface area contributed by atoms with Crippen molar-refractivity contribution in [3.8, 4) is 11.4 Å². The molecule has 0 atom stereocenters. The van der Waals surface area contributed by atoms with Gasteiger partial charge in [0, 0.05) is 32.0 Å². The van der Waals surface area contributed by atoms with E-state index in [0.29, 0.717) is 0 Å². The number of aromatic hydroxyl groups is 1. The third-order valence-electron chi connectivity index (χ3n) is 3.05. The number of phenols is 1. The molecule has 24 heavy (non-hydrogen) atoms. The van der Waals surface area contributed by atoms with Crippen molar-refractivity contribution in [2.45, 2.75) is 20.8 Å². The molecule has 0 amide bonds. The first-order valence-corrected chi connectivity index (χ1v) is 7.82. The summed E-state index contributed by atoms with van der Waals surface area (Å²) in [4.78, 5) is 10.9. The Bertz CT molecular complexity index is 727. The average molecular weight is 358 g/mol. The van der Waals surface area contributed by atoms with Crippen molar-refractivity contribution < 1.29 is 48.5 Å². The maximum atomic E-state index is 10.9. The maximum Gasteiger partial charge on any atom is 0.339 e. The van der Waals surface area contributed by atoms with E-state index >= 15 is 0 Å². The Labute approximate surface area is 140 Å². The molecule has 0 saturated heterocycles. The number of rotatable bonds is 2. The van der Waals surface area contributed by atoms with Crippen LogP contribution in [0.15, 0.2) is 30.3 Å².